The van der Waals surface area contributed by atoms with Crippen LogP contribution in [0.2, 0.25) is 0 Å². The summed E-state index contributed by atoms with van der Waals surface area (Å²) in [5.41, 5.74) is 5.08. The monoisotopic (exact) mass is 309 g/mol. The van der Waals surface area contributed by atoms with Gasteiger partial charge in [0.25, 0.3) is 0 Å². The van der Waals surface area contributed by atoms with E-state index in [1.807, 2.05) is 30.5 Å². The Kier molecular flexibility index (Phi) is 4.81. The highest BCUT2D eigenvalue weighted by Gasteiger charge is 2.17. The fourth-order valence-corrected chi connectivity index (χ4v) is 2.71. The number of nitrogens with one attached hydrogen (secondary N) is 2. The van der Waals surface area contributed by atoms with Crippen LogP contribution in [0.25, 0.3) is 6.08 Å². The van der Waals surface area contributed by atoms with Crippen molar-refractivity contribution >= 4 is 11.8 Å². The average molecular weight is 309 g/mol. The maximum atomic E-state index is 5.46. The van der Waals surface area contributed by atoms with Crippen LogP contribution in [0.4, 0.5) is 0 Å². The van der Waals surface area contributed by atoms with Crippen molar-refractivity contribution in [1.29, 1.82) is 0 Å². The van der Waals surface area contributed by atoms with Crippen molar-refractivity contribution in [1.82, 2.24) is 9.97 Å². The van der Waals surface area contributed by atoms with Crippen LogP contribution in [0.3, 0.4) is 0 Å². The van der Waals surface area contributed by atoms with E-state index in [9.17, 15) is 0 Å². The average Bonchev–Trinajstić information content (AvgIpc) is 3.28. The topological polar surface area (TPSA) is 53.2 Å². The fourth-order valence-electron chi connectivity index (χ4n) is 2.71. The molecule has 2 N–H and O–H groups in total. The van der Waals surface area contributed by atoms with Gasteiger partial charge >= 0.3 is 0 Å². The lowest BCUT2D eigenvalue weighted by Crippen LogP contribution is -1.93. The van der Waals surface area contributed by atoms with E-state index in [0.29, 0.717) is 0 Å². The summed E-state index contributed by atoms with van der Waals surface area (Å²) in [7, 11) is 1.68. The molecule has 0 fully saturated rings. The molecule has 1 aliphatic heterocycles. The summed E-state index contributed by atoms with van der Waals surface area (Å²) >= 11 is 0. The van der Waals surface area contributed by atoms with Gasteiger partial charge < -0.3 is 14.7 Å². The van der Waals surface area contributed by atoms with Crippen molar-refractivity contribution in [3.8, 4) is 0 Å². The summed E-state index contributed by atoms with van der Waals surface area (Å²) in [6, 6.07) is 8.23. The van der Waals surface area contributed by atoms with E-state index in [1.165, 1.54) is 25.0 Å². The summed E-state index contributed by atoms with van der Waals surface area (Å²) in [5.74, 6) is 0.789. The van der Waals surface area contributed by atoms with Gasteiger partial charge in [-0.15, -0.1) is 0 Å². The molecule has 2 aromatic rings. The first-order chi connectivity index (χ1) is 11.3. The predicted octanol–water partition coefficient (Wildman–Crippen LogP) is 4.45. The maximum absolute atomic E-state index is 5.46. The first-order valence-corrected chi connectivity index (χ1v) is 8.18. The molecule has 4 heteroatoms. The number of rotatable bonds is 7. The number of aromatic nitrogens is 2. The minimum absolute atomic E-state index is 0.789. The zero-order chi connectivity index (χ0) is 16.1. The molecule has 0 saturated carbocycles. The number of hydrogen-bond acceptors (Lipinski definition) is 2. The van der Waals surface area contributed by atoms with E-state index in [1.54, 1.807) is 7.11 Å². The first-order valence-electron chi connectivity index (χ1n) is 8.18. The highest BCUT2D eigenvalue weighted by atomic mass is 16.5. The Morgan fingerprint density at radius 1 is 1.22 bits per heavy atom. The zero-order valence-corrected chi connectivity index (χ0v) is 13.7. The van der Waals surface area contributed by atoms with Crippen molar-refractivity contribution in [2.45, 2.75) is 32.6 Å². The van der Waals surface area contributed by atoms with E-state index >= 15 is 0 Å². The number of allylic oxidation sites excluding steroid dienone is 1. The van der Waals surface area contributed by atoms with Crippen LogP contribution in [-0.4, -0.2) is 22.8 Å². The Morgan fingerprint density at radius 2 is 2.13 bits per heavy atom. The Bertz CT molecular complexity index is 733. The highest BCUT2D eigenvalue weighted by molar-refractivity contribution is 6.11. The predicted molar refractivity (Wildman–Crippen MR) is 94.4 cm³/mol. The quantitative estimate of drug-likeness (QED) is 0.729. The largest absolute Gasteiger partial charge is 0.494 e. The molecule has 0 atom stereocenters. The summed E-state index contributed by atoms with van der Waals surface area (Å²) in [5, 5.41) is 0. The molecule has 0 amide bonds. The van der Waals surface area contributed by atoms with Gasteiger partial charge in [0.05, 0.1) is 18.5 Å². The van der Waals surface area contributed by atoms with Crippen LogP contribution in [0.15, 0.2) is 53.0 Å². The number of aryl methyl sites for hydroxylation is 1. The second kappa shape index (κ2) is 7.18. The number of aromatic amines is 2. The van der Waals surface area contributed by atoms with Crippen LogP contribution in [0, 0.1) is 0 Å². The molecule has 0 spiro atoms. The van der Waals surface area contributed by atoms with Gasteiger partial charge in [-0.2, -0.15) is 0 Å². The normalized spacial score (nSPS) is 15.8. The van der Waals surface area contributed by atoms with Crippen molar-refractivity contribution < 1.29 is 4.74 Å². The zero-order valence-electron chi connectivity index (χ0n) is 13.7. The van der Waals surface area contributed by atoms with E-state index < -0.39 is 0 Å². The van der Waals surface area contributed by atoms with Crippen molar-refractivity contribution in [2.24, 2.45) is 4.99 Å². The van der Waals surface area contributed by atoms with Gasteiger partial charge in [-0.05, 0) is 43.2 Å². The molecular weight excluding hydrogens is 286 g/mol. The molecule has 0 bridgehead atoms. The number of H-pyrrole nitrogens is 2. The number of hydrogen-bond donors (Lipinski definition) is 2. The maximum Gasteiger partial charge on any atom is 0.146 e. The van der Waals surface area contributed by atoms with Gasteiger partial charge in [0, 0.05) is 23.7 Å². The molecular formula is C19H23N3O. The second-order valence-electron chi connectivity index (χ2n) is 5.72. The molecule has 0 aromatic carbocycles. The number of unbranched alkanes of at least 4 members (excludes halogenated alkanes) is 2. The van der Waals surface area contributed by atoms with Gasteiger partial charge in [0.15, 0.2) is 0 Å². The van der Waals surface area contributed by atoms with Gasteiger partial charge in [-0.1, -0.05) is 19.8 Å². The molecule has 0 saturated heterocycles. The van der Waals surface area contributed by atoms with Crippen LogP contribution in [-0.2, 0) is 11.2 Å². The lowest BCUT2D eigenvalue weighted by Gasteiger charge is -2.00. The lowest BCUT2D eigenvalue weighted by molar-refractivity contribution is 0.303. The number of nitrogens with zero attached hydrogens (tertiary/aromatic N) is 1. The smallest absolute Gasteiger partial charge is 0.146 e. The molecule has 1 aliphatic rings. The Morgan fingerprint density at radius 3 is 2.87 bits per heavy atom. The lowest BCUT2D eigenvalue weighted by atomic mass is 10.2. The number of ether oxygens (including phenoxy) is 1. The summed E-state index contributed by atoms with van der Waals surface area (Å²) in [6.45, 7) is 2.23. The Hall–Kier alpha value is -2.49. The molecule has 0 unspecified atom stereocenters. The molecule has 3 heterocycles. The Labute approximate surface area is 137 Å². The molecule has 0 aliphatic carbocycles. The number of methoxy groups -OCH3 is 1. The number of aliphatic imine (C=N–C) groups is 1. The molecule has 3 rings (SSSR count). The van der Waals surface area contributed by atoms with Gasteiger partial charge in [-0.3, -0.25) is 0 Å². The van der Waals surface area contributed by atoms with E-state index in [2.05, 4.69) is 34.0 Å². The third-order valence-corrected chi connectivity index (χ3v) is 3.97. The van der Waals surface area contributed by atoms with Crippen molar-refractivity contribution in [3.05, 3.63) is 65.1 Å². The third-order valence-electron chi connectivity index (χ3n) is 3.97. The van der Waals surface area contributed by atoms with Gasteiger partial charge in [-0.25, -0.2) is 4.99 Å². The molecule has 23 heavy (non-hydrogen) atoms. The van der Waals surface area contributed by atoms with Crippen LogP contribution in [0.1, 0.15) is 43.3 Å². The van der Waals surface area contributed by atoms with Gasteiger partial charge in [0.1, 0.15) is 11.5 Å². The van der Waals surface area contributed by atoms with E-state index in [-0.39, 0.29) is 0 Å². The van der Waals surface area contributed by atoms with Crippen LogP contribution < -0.4 is 0 Å². The minimum Gasteiger partial charge on any atom is -0.494 e. The SMILES string of the molecule is CCCCCc1ccc(C=C2N=C(c3ccc[nH]3)C=C2OC)[nH]1. The van der Waals surface area contributed by atoms with Crippen LogP contribution in [0.5, 0.6) is 0 Å². The third kappa shape index (κ3) is 3.65. The molecule has 120 valence electrons. The van der Waals surface area contributed by atoms with Crippen LogP contribution >= 0.6 is 0 Å². The second-order valence-corrected chi connectivity index (χ2v) is 5.72. The summed E-state index contributed by atoms with van der Waals surface area (Å²) < 4.78 is 5.46. The summed E-state index contributed by atoms with van der Waals surface area (Å²) in [6.07, 6.45) is 10.7. The standard InChI is InChI=1S/C19H23N3O/c1-3-4-5-7-14-9-10-15(21-14)12-18-19(23-2)13-17(22-18)16-8-6-11-20-16/h6,8-13,20-21H,3-5,7H2,1-2H3. The molecule has 4 nitrogen and oxygen atoms in total. The Balaban J connectivity index is 1.77. The fraction of sp³-hybridized carbons (Fsp3) is 0.316. The summed E-state index contributed by atoms with van der Waals surface area (Å²) in [4.78, 5) is 11.3. The van der Waals surface area contributed by atoms with Crippen molar-refractivity contribution in [2.75, 3.05) is 7.11 Å². The van der Waals surface area contributed by atoms with E-state index in [4.69, 9.17) is 4.74 Å². The van der Waals surface area contributed by atoms with Gasteiger partial charge in [0.2, 0.25) is 0 Å². The van der Waals surface area contributed by atoms with Crippen molar-refractivity contribution in [3.63, 3.8) is 0 Å². The molecule has 2 aromatic heterocycles. The van der Waals surface area contributed by atoms with E-state index in [0.717, 1.165) is 35.0 Å². The highest BCUT2D eigenvalue weighted by Crippen LogP contribution is 2.24. The molecule has 0 radical (unpaired) electrons. The minimum atomic E-state index is 0.789. The first kappa shape index (κ1) is 15.4.